The second-order valence-electron chi connectivity index (χ2n) is 7.19. The van der Waals surface area contributed by atoms with Crippen LogP contribution in [0.5, 0.6) is 0 Å². The van der Waals surface area contributed by atoms with Gasteiger partial charge in [0.05, 0.1) is 11.4 Å². The Morgan fingerprint density at radius 2 is 1.68 bits per heavy atom. The molecule has 2 aliphatic heterocycles. The molecule has 7 nitrogen and oxygen atoms in total. The summed E-state index contributed by atoms with van der Waals surface area (Å²) >= 11 is 0. The van der Waals surface area contributed by atoms with Gasteiger partial charge in [-0.2, -0.15) is 4.31 Å². The van der Waals surface area contributed by atoms with Gasteiger partial charge in [-0.1, -0.05) is 17.7 Å². The average Bonchev–Trinajstić information content (AvgIpc) is 2.62. The second-order valence-corrected chi connectivity index (χ2v) is 9.13. The van der Waals surface area contributed by atoms with Gasteiger partial charge in [0.25, 0.3) is 0 Å². The molecule has 28 heavy (non-hydrogen) atoms. The Labute approximate surface area is 180 Å². The lowest BCUT2D eigenvalue weighted by atomic mass is 10.2. The van der Waals surface area contributed by atoms with Crippen LogP contribution < -0.4 is 5.32 Å². The number of piperazine rings is 2. The normalized spacial score (nSPS) is 21.5. The van der Waals surface area contributed by atoms with E-state index in [2.05, 4.69) is 17.1 Å². The zero-order chi connectivity index (χ0) is 18.7. The quantitative estimate of drug-likeness (QED) is 0.736. The van der Waals surface area contributed by atoms with Crippen molar-refractivity contribution in [1.82, 2.24) is 19.4 Å². The number of amides is 1. The van der Waals surface area contributed by atoms with Gasteiger partial charge in [-0.3, -0.25) is 9.69 Å². The summed E-state index contributed by atoms with van der Waals surface area (Å²) in [6.07, 6.45) is 0. The third-order valence-corrected chi connectivity index (χ3v) is 6.98. The Hall–Kier alpha value is -0.900. The second kappa shape index (κ2) is 10.8. The summed E-state index contributed by atoms with van der Waals surface area (Å²) in [6, 6.07) is 7.27. The maximum absolute atomic E-state index is 12.7. The number of halogens is 2. The molecule has 2 fully saturated rings. The molecular formula is C18H30Cl2N4O3S. The third kappa shape index (κ3) is 6.05. The van der Waals surface area contributed by atoms with Gasteiger partial charge in [0.2, 0.25) is 15.9 Å². The number of benzene rings is 1. The van der Waals surface area contributed by atoms with Crippen molar-refractivity contribution in [3.8, 4) is 0 Å². The summed E-state index contributed by atoms with van der Waals surface area (Å²) < 4.78 is 27.0. The highest BCUT2D eigenvalue weighted by Crippen LogP contribution is 2.18. The molecule has 2 saturated heterocycles. The lowest BCUT2D eigenvalue weighted by Crippen LogP contribution is -2.55. The molecule has 1 atom stereocenters. The largest absolute Gasteiger partial charge is 0.339 e. The van der Waals surface area contributed by atoms with Crippen LogP contribution in [0.15, 0.2) is 29.2 Å². The molecule has 10 heteroatoms. The first-order valence-corrected chi connectivity index (χ1v) is 10.6. The highest BCUT2D eigenvalue weighted by Gasteiger charge is 2.30. The van der Waals surface area contributed by atoms with E-state index in [1.165, 1.54) is 4.31 Å². The smallest absolute Gasteiger partial charge is 0.243 e. The SMILES string of the molecule is Cc1ccc(S(=O)(=O)N2CCN(CC(=O)N3CCNC(C)C3)CC2)cc1.Cl.Cl. The predicted octanol–water partition coefficient (Wildman–Crippen LogP) is 0.965. The molecule has 0 radical (unpaired) electrons. The number of carbonyl (C=O) groups excluding carboxylic acids is 1. The van der Waals surface area contributed by atoms with E-state index in [-0.39, 0.29) is 30.7 Å². The first kappa shape index (κ1) is 25.1. The molecule has 1 aromatic carbocycles. The van der Waals surface area contributed by atoms with Gasteiger partial charge < -0.3 is 10.2 Å². The summed E-state index contributed by atoms with van der Waals surface area (Å²) in [6.45, 7) is 8.69. The summed E-state index contributed by atoms with van der Waals surface area (Å²) in [5.41, 5.74) is 1.04. The van der Waals surface area contributed by atoms with E-state index in [1.54, 1.807) is 12.1 Å². The highest BCUT2D eigenvalue weighted by atomic mass is 35.5. The molecule has 2 aliphatic rings. The average molecular weight is 453 g/mol. The number of carbonyl (C=O) groups is 1. The summed E-state index contributed by atoms with van der Waals surface area (Å²) in [5, 5.41) is 3.33. The van der Waals surface area contributed by atoms with E-state index in [0.717, 1.165) is 25.2 Å². The fourth-order valence-electron chi connectivity index (χ4n) is 3.44. The number of hydrogen-bond acceptors (Lipinski definition) is 5. The molecule has 2 heterocycles. The molecule has 1 unspecified atom stereocenters. The van der Waals surface area contributed by atoms with E-state index >= 15 is 0 Å². The molecule has 1 aromatic rings. The fourth-order valence-corrected chi connectivity index (χ4v) is 4.86. The predicted molar refractivity (Wildman–Crippen MR) is 115 cm³/mol. The molecule has 0 aliphatic carbocycles. The molecular weight excluding hydrogens is 423 g/mol. The van der Waals surface area contributed by atoms with Crippen molar-refractivity contribution in [2.75, 3.05) is 52.4 Å². The van der Waals surface area contributed by atoms with Crippen molar-refractivity contribution in [1.29, 1.82) is 0 Å². The minimum absolute atomic E-state index is 0. The lowest BCUT2D eigenvalue weighted by molar-refractivity contribution is -0.133. The zero-order valence-corrected chi connectivity index (χ0v) is 18.8. The maximum atomic E-state index is 12.7. The van der Waals surface area contributed by atoms with Gasteiger partial charge in [-0.05, 0) is 26.0 Å². The highest BCUT2D eigenvalue weighted by molar-refractivity contribution is 7.89. The van der Waals surface area contributed by atoms with Gasteiger partial charge in [-0.15, -0.1) is 24.8 Å². The molecule has 0 saturated carbocycles. The molecule has 1 amide bonds. The molecule has 0 bridgehead atoms. The Kier molecular flexibility index (Phi) is 9.66. The molecule has 1 N–H and O–H groups in total. The van der Waals surface area contributed by atoms with Crippen LogP contribution in [0.25, 0.3) is 0 Å². The number of sulfonamides is 1. The van der Waals surface area contributed by atoms with Crippen LogP contribution in [-0.2, 0) is 14.8 Å². The Morgan fingerprint density at radius 1 is 1.07 bits per heavy atom. The van der Waals surface area contributed by atoms with Crippen molar-refractivity contribution in [2.24, 2.45) is 0 Å². The van der Waals surface area contributed by atoms with E-state index in [4.69, 9.17) is 0 Å². The van der Waals surface area contributed by atoms with Crippen molar-refractivity contribution in [2.45, 2.75) is 24.8 Å². The van der Waals surface area contributed by atoms with Crippen LogP contribution in [0.4, 0.5) is 0 Å². The van der Waals surface area contributed by atoms with Gasteiger partial charge >= 0.3 is 0 Å². The van der Waals surface area contributed by atoms with E-state index in [1.807, 2.05) is 24.0 Å². The number of nitrogens with zero attached hydrogens (tertiary/aromatic N) is 3. The Morgan fingerprint density at radius 3 is 2.25 bits per heavy atom. The van der Waals surface area contributed by atoms with Crippen molar-refractivity contribution < 1.29 is 13.2 Å². The van der Waals surface area contributed by atoms with Crippen molar-refractivity contribution in [3.63, 3.8) is 0 Å². The number of aryl methyl sites for hydroxylation is 1. The minimum atomic E-state index is -3.46. The minimum Gasteiger partial charge on any atom is -0.339 e. The molecule has 0 spiro atoms. The zero-order valence-electron chi connectivity index (χ0n) is 16.3. The van der Waals surface area contributed by atoms with Crippen LogP contribution in [0.1, 0.15) is 12.5 Å². The van der Waals surface area contributed by atoms with Crippen LogP contribution in [0, 0.1) is 6.92 Å². The van der Waals surface area contributed by atoms with E-state index < -0.39 is 10.0 Å². The summed E-state index contributed by atoms with van der Waals surface area (Å²) in [4.78, 5) is 16.8. The molecule has 3 rings (SSSR count). The van der Waals surface area contributed by atoms with Crippen LogP contribution in [0.2, 0.25) is 0 Å². The Bertz CT molecular complexity index is 738. The molecule has 0 aromatic heterocycles. The fraction of sp³-hybridized carbons (Fsp3) is 0.611. The summed E-state index contributed by atoms with van der Waals surface area (Å²) in [5.74, 6) is 0.133. The van der Waals surface area contributed by atoms with Crippen LogP contribution in [-0.4, -0.2) is 86.8 Å². The monoisotopic (exact) mass is 452 g/mol. The van der Waals surface area contributed by atoms with Gasteiger partial charge in [0.1, 0.15) is 0 Å². The van der Waals surface area contributed by atoms with Crippen LogP contribution >= 0.6 is 24.8 Å². The third-order valence-electron chi connectivity index (χ3n) is 5.07. The first-order chi connectivity index (χ1) is 12.4. The van der Waals surface area contributed by atoms with Gasteiger partial charge in [0, 0.05) is 51.9 Å². The maximum Gasteiger partial charge on any atom is 0.243 e. The number of rotatable bonds is 4. The van der Waals surface area contributed by atoms with E-state index in [9.17, 15) is 13.2 Å². The topological polar surface area (TPSA) is 73.0 Å². The lowest BCUT2D eigenvalue weighted by Gasteiger charge is -2.36. The van der Waals surface area contributed by atoms with E-state index in [0.29, 0.717) is 43.7 Å². The van der Waals surface area contributed by atoms with Gasteiger partial charge in [-0.25, -0.2) is 8.42 Å². The number of hydrogen-bond donors (Lipinski definition) is 1. The first-order valence-electron chi connectivity index (χ1n) is 9.16. The standard InChI is InChI=1S/C18H28N4O3S.2ClH/c1-15-3-5-17(6-4-15)26(24,25)22-11-9-20(10-12-22)14-18(23)21-8-7-19-16(2)13-21;;/h3-6,16,19H,7-14H2,1-2H3;2*1H. The Balaban J connectivity index is 0.00000196. The van der Waals surface area contributed by atoms with Crippen LogP contribution in [0.3, 0.4) is 0 Å². The number of nitrogens with one attached hydrogen (secondary N) is 1. The van der Waals surface area contributed by atoms with Crippen molar-refractivity contribution in [3.05, 3.63) is 29.8 Å². The summed E-state index contributed by atoms with van der Waals surface area (Å²) in [7, 11) is -3.46. The molecule has 160 valence electrons. The van der Waals surface area contributed by atoms with Crippen molar-refractivity contribution >= 4 is 40.7 Å². The van der Waals surface area contributed by atoms with Gasteiger partial charge in [0.15, 0.2) is 0 Å².